The lowest BCUT2D eigenvalue weighted by Crippen LogP contribution is -2.38. The topological polar surface area (TPSA) is 113 Å². The van der Waals surface area contributed by atoms with Crippen molar-refractivity contribution >= 4 is 21.9 Å². The number of rotatable bonds is 9. The smallest absolute Gasteiger partial charge is 0.323 e. The monoisotopic (exact) mass is 354 g/mol. The molecule has 0 saturated carbocycles. The Bertz CT molecular complexity index is 721. The molecule has 0 aliphatic carbocycles. The molecule has 0 heterocycles. The molecule has 1 aromatic rings. The zero-order chi connectivity index (χ0) is 18.2. The van der Waals surface area contributed by atoms with Gasteiger partial charge in [0, 0.05) is 19.2 Å². The average molecular weight is 354 g/mol. The molecule has 9 heteroatoms. The first kappa shape index (κ1) is 19.6. The van der Waals surface area contributed by atoms with E-state index in [4.69, 9.17) is 16.3 Å². The van der Waals surface area contributed by atoms with Crippen LogP contribution in [0.4, 0.5) is 0 Å². The van der Waals surface area contributed by atoms with E-state index in [0.29, 0.717) is 0 Å². The molecule has 130 valence electrons. The maximum atomic E-state index is 12.3. The highest BCUT2D eigenvalue weighted by molar-refractivity contribution is 7.89. The minimum atomic E-state index is -3.75. The van der Waals surface area contributed by atoms with E-state index < -0.39 is 28.4 Å². The lowest BCUT2D eigenvalue weighted by molar-refractivity contribution is -0.137. The fourth-order valence-corrected chi connectivity index (χ4v) is 2.73. The van der Waals surface area contributed by atoms with E-state index in [1.807, 2.05) is 0 Å². The Labute approximate surface area is 140 Å². The van der Waals surface area contributed by atoms with E-state index >= 15 is 0 Å². The number of nitrogens with one attached hydrogen (secondary N) is 1. The molecule has 8 nitrogen and oxygen atoms in total. The van der Waals surface area contributed by atoms with Crippen LogP contribution < -0.4 is 4.72 Å². The minimum absolute atomic E-state index is 0.0454. The molecule has 0 atom stereocenters. The SMILES string of the molecule is C#CCNS(=O)(=O)c1ccc(C(=O)N(CCOC)CC(=O)O)cc1. The van der Waals surface area contributed by atoms with Gasteiger partial charge in [0.2, 0.25) is 10.0 Å². The quantitative estimate of drug-likeness (QED) is 0.593. The van der Waals surface area contributed by atoms with Crippen LogP contribution in [-0.2, 0) is 19.6 Å². The van der Waals surface area contributed by atoms with Crippen LogP contribution >= 0.6 is 0 Å². The maximum Gasteiger partial charge on any atom is 0.323 e. The Morgan fingerprint density at radius 3 is 2.46 bits per heavy atom. The molecule has 0 aliphatic rings. The van der Waals surface area contributed by atoms with Crippen LogP contribution in [0.1, 0.15) is 10.4 Å². The lowest BCUT2D eigenvalue weighted by Gasteiger charge is -2.20. The first-order valence-electron chi connectivity index (χ1n) is 6.85. The van der Waals surface area contributed by atoms with Crippen molar-refractivity contribution in [2.75, 3.05) is 33.4 Å². The molecule has 2 N–H and O–H groups in total. The Morgan fingerprint density at radius 1 is 1.33 bits per heavy atom. The lowest BCUT2D eigenvalue weighted by atomic mass is 10.2. The molecule has 0 unspecified atom stereocenters. The molecule has 1 aromatic carbocycles. The molecular formula is C15H18N2O6S. The predicted octanol–water partition coefficient (Wildman–Crippen LogP) is -0.229. The normalized spacial score (nSPS) is 10.8. The number of amides is 1. The number of methoxy groups -OCH3 is 1. The molecule has 0 radical (unpaired) electrons. The third-order valence-electron chi connectivity index (χ3n) is 2.95. The van der Waals surface area contributed by atoms with Gasteiger partial charge in [0.05, 0.1) is 18.0 Å². The van der Waals surface area contributed by atoms with Gasteiger partial charge in [0.15, 0.2) is 0 Å². The summed E-state index contributed by atoms with van der Waals surface area (Å²) in [6, 6.07) is 5.13. The molecule has 0 fully saturated rings. The van der Waals surface area contributed by atoms with Crippen molar-refractivity contribution in [3.8, 4) is 12.3 Å². The highest BCUT2D eigenvalue weighted by atomic mass is 32.2. The molecule has 24 heavy (non-hydrogen) atoms. The Morgan fingerprint density at radius 2 is 1.96 bits per heavy atom. The number of carboxylic acids is 1. The number of nitrogens with zero attached hydrogens (tertiary/aromatic N) is 1. The molecule has 0 saturated heterocycles. The van der Waals surface area contributed by atoms with E-state index in [0.717, 1.165) is 4.90 Å². The van der Waals surface area contributed by atoms with Gasteiger partial charge in [-0.25, -0.2) is 8.42 Å². The molecule has 0 aliphatic heterocycles. The number of benzene rings is 1. The van der Waals surface area contributed by atoms with E-state index in [-0.39, 0.29) is 30.2 Å². The third-order valence-corrected chi connectivity index (χ3v) is 4.37. The number of aliphatic carboxylic acids is 1. The summed E-state index contributed by atoms with van der Waals surface area (Å²) in [5.41, 5.74) is 0.170. The van der Waals surface area contributed by atoms with Crippen LogP contribution in [-0.4, -0.2) is 63.7 Å². The van der Waals surface area contributed by atoms with Crippen molar-refractivity contribution in [3.63, 3.8) is 0 Å². The van der Waals surface area contributed by atoms with Gasteiger partial charge >= 0.3 is 5.97 Å². The second kappa shape index (κ2) is 9.02. The van der Waals surface area contributed by atoms with Crippen LogP contribution in [0, 0.1) is 12.3 Å². The van der Waals surface area contributed by atoms with Crippen LogP contribution in [0.25, 0.3) is 0 Å². The number of hydrogen-bond donors (Lipinski definition) is 2. The fourth-order valence-electron chi connectivity index (χ4n) is 1.80. The number of hydrogen-bond acceptors (Lipinski definition) is 5. The van der Waals surface area contributed by atoms with E-state index in [2.05, 4.69) is 10.6 Å². The predicted molar refractivity (Wildman–Crippen MR) is 85.9 cm³/mol. The highest BCUT2D eigenvalue weighted by Gasteiger charge is 2.19. The van der Waals surface area contributed by atoms with Crippen molar-refractivity contribution in [1.82, 2.24) is 9.62 Å². The van der Waals surface area contributed by atoms with Crippen LogP contribution in [0.15, 0.2) is 29.2 Å². The molecule has 0 bridgehead atoms. The standard InChI is InChI=1S/C15H18N2O6S/c1-3-8-16-24(21,22)13-6-4-12(5-7-13)15(20)17(9-10-23-2)11-14(18)19/h1,4-7,16H,8-11H2,2H3,(H,18,19). The minimum Gasteiger partial charge on any atom is -0.480 e. The first-order valence-corrected chi connectivity index (χ1v) is 8.33. The molecule has 0 aromatic heterocycles. The number of carbonyl (C=O) groups is 2. The van der Waals surface area contributed by atoms with Crippen molar-refractivity contribution in [1.29, 1.82) is 0 Å². The second-order valence-electron chi connectivity index (χ2n) is 4.67. The first-order chi connectivity index (χ1) is 11.3. The zero-order valence-corrected chi connectivity index (χ0v) is 13.9. The number of carbonyl (C=O) groups excluding carboxylic acids is 1. The van der Waals surface area contributed by atoms with Crippen molar-refractivity contribution in [2.24, 2.45) is 0 Å². The van der Waals surface area contributed by atoms with Crippen LogP contribution in [0.5, 0.6) is 0 Å². The Balaban J connectivity index is 2.95. The Hall–Kier alpha value is -2.41. The molecular weight excluding hydrogens is 336 g/mol. The van der Waals surface area contributed by atoms with Gasteiger partial charge in [0.1, 0.15) is 6.54 Å². The molecule has 0 spiro atoms. The van der Waals surface area contributed by atoms with Gasteiger partial charge in [-0.2, -0.15) is 4.72 Å². The average Bonchev–Trinajstić information content (AvgIpc) is 2.56. The van der Waals surface area contributed by atoms with Crippen LogP contribution in [0.3, 0.4) is 0 Å². The summed E-state index contributed by atoms with van der Waals surface area (Å²) in [6.45, 7) is -0.342. The van der Waals surface area contributed by atoms with E-state index in [9.17, 15) is 18.0 Å². The largest absolute Gasteiger partial charge is 0.480 e. The zero-order valence-electron chi connectivity index (χ0n) is 13.1. The second-order valence-corrected chi connectivity index (χ2v) is 6.43. The number of carboxylic acid groups (broad SMARTS) is 1. The van der Waals surface area contributed by atoms with Gasteiger partial charge in [-0.05, 0) is 24.3 Å². The van der Waals surface area contributed by atoms with Gasteiger partial charge in [0.25, 0.3) is 5.91 Å². The van der Waals surface area contributed by atoms with E-state index in [1.54, 1.807) is 0 Å². The summed E-state index contributed by atoms with van der Waals surface area (Å²) in [6.07, 6.45) is 5.01. The van der Waals surface area contributed by atoms with Crippen LogP contribution in [0.2, 0.25) is 0 Å². The summed E-state index contributed by atoms with van der Waals surface area (Å²) in [7, 11) is -2.31. The number of ether oxygens (including phenoxy) is 1. The summed E-state index contributed by atoms with van der Waals surface area (Å²) < 4.78 is 30.8. The maximum absolute atomic E-state index is 12.3. The van der Waals surface area contributed by atoms with Gasteiger partial charge in [-0.15, -0.1) is 6.42 Å². The molecule has 1 amide bonds. The van der Waals surface area contributed by atoms with Gasteiger partial charge in [-0.1, -0.05) is 5.92 Å². The number of terminal acetylenes is 1. The van der Waals surface area contributed by atoms with Crippen molar-refractivity contribution < 1.29 is 27.9 Å². The summed E-state index contributed by atoms with van der Waals surface area (Å²) in [5.74, 6) is 0.469. The summed E-state index contributed by atoms with van der Waals surface area (Å²) >= 11 is 0. The van der Waals surface area contributed by atoms with Gasteiger partial charge < -0.3 is 14.7 Å². The summed E-state index contributed by atoms with van der Waals surface area (Å²) in [5, 5.41) is 8.87. The highest BCUT2D eigenvalue weighted by Crippen LogP contribution is 2.12. The van der Waals surface area contributed by atoms with E-state index in [1.165, 1.54) is 31.4 Å². The van der Waals surface area contributed by atoms with Crippen molar-refractivity contribution in [3.05, 3.63) is 29.8 Å². The number of sulfonamides is 1. The van der Waals surface area contributed by atoms with Crippen molar-refractivity contribution in [2.45, 2.75) is 4.90 Å². The fraction of sp³-hybridized carbons (Fsp3) is 0.333. The molecule has 1 rings (SSSR count). The van der Waals surface area contributed by atoms with Gasteiger partial charge in [-0.3, -0.25) is 9.59 Å². The third kappa shape index (κ3) is 5.66. The summed E-state index contributed by atoms with van der Waals surface area (Å²) in [4.78, 5) is 24.2. The Kier molecular flexibility index (Phi) is 7.38.